The zero-order valence-corrected chi connectivity index (χ0v) is 20.8. The third-order valence-corrected chi connectivity index (χ3v) is 6.10. The van der Waals surface area contributed by atoms with Crippen LogP contribution in [-0.4, -0.2) is 31.7 Å². The van der Waals surface area contributed by atoms with E-state index in [4.69, 9.17) is 32.7 Å². The van der Waals surface area contributed by atoms with Crippen LogP contribution in [0.2, 0.25) is 10.0 Å². The van der Waals surface area contributed by atoms with Crippen LogP contribution in [0.1, 0.15) is 20.8 Å². The lowest BCUT2D eigenvalue weighted by Gasteiger charge is -2.19. The number of carbonyl (C=O) groups is 1. The number of rotatable bonds is 7. The van der Waals surface area contributed by atoms with Crippen molar-refractivity contribution in [2.24, 2.45) is 0 Å². The minimum absolute atomic E-state index is 0.0162. The molecule has 0 aromatic heterocycles. The van der Waals surface area contributed by atoms with Gasteiger partial charge in [0.15, 0.2) is 18.1 Å². The molecule has 0 spiro atoms. The zero-order valence-electron chi connectivity index (χ0n) is 18.5. The first-order valence-corrected chi connectivity index (χ1v) is 12.2. The molecule has 0 radical (unpaired) electrons. The van der Waals surface area contributed by atoms with Crippen LogP contribution in [0.5, 0.6) is 11.5 Å². The standard InChI is InChI=1S/C24H21Cl2NO6S/c1-24(2,3)33-22(28)14-32-20-10-9-16(15-7-5-4-6-8-15)11-19(20)27-34(30,31)21-13-17(25)12-18(26)23(21)29/h4-8,11-13,27,29H,14H2,1-3H3. The van der Waals surface area contributed by atoms with E-state index in [1.54, 1.807) is 20.8 Å². The molecule has 0 aliphatic carbocycles. The van der Waals surface area contributed by atoms with Crippen molar-refractivity contribution in [1.29, 1.82) is 0 Å². The monoisotopic (exact) mass is 521 g/mol. The van der Waals surface area contributed by atoms with Crippen molar-refractivity contribution in [3.63, 3.8) is 0 Å². The molecular formula is C24H21Cl2NO6S. The minimum atomic E-state index is -4.38. The Bertz CT molecular complexity index is 1310. The van der Waals surface area contributed by atoms with Crippen LogP contribution < -0.4 is 9.46 Å². The molecule has 10 heteroatoms. The number of aromatic hydroxyl groups is 1. The first kappa shape index (κ1) is 25.5. The Morgan fingerprint density at radius 2 is 1.76 bits per heavy atom. The highest BCUT2D eigenvalue weighted by Gasteiger charge is 2.24. The fourth-order valence-electron chi connectivity index (χ4n) is 2.85. The Balaban J connectivity index is 1.99. The maximum Gasteiger partial charge on any atom is 0.344 e. The maximum absolute atomic E-state index is 13.1. The Labute approximate surface area is 208 Å². The Morgan fingerprint density at radius 3 is 2.41 bits per heavy atom. The number of anilines is 1. The molecule has 0 amide bonds. The third-order valence-electron chi connectivity index (χ3n) is 4.21. The SMILES string of the molecule is CC(C)(C)OC(=O)COc1c#cc(-c2ccccc2)cc1NS(=O)(=O)c1cc(Cl)cc(Cl)c1O. The third kappa shape index (κ3) is 6.48. The molecule has 0 atom stereocenters. The number of benzene rings is 2. The van der Waals surface area contributed by atoms with E-state index in [1.807, 2.05) is 30.3 Å². The van der Waals surface area contributed by atoms with Gasteiger partial charge in [-0.25, -0.2) is 13.2 Å². The number of ether oxygens (including phenoxy) is 2. The predicted octanol–water partition coefficient (Wildman–Crippen LogP) is 5.49. The van der Waals surface area contributed by atoms with Crippen LogP contribution in [0.15, 0.2) is 53.4 Å². The van der Waals surface area contributed by atoms with Gasteiger partial charge in [0.05, 0.1) is 5.02 Å². The number of sulfonamides is 1. The van der Waals surface area contributed by atoms with E-state index in [-0.39, 0.29) is 21.5 Å². The second-order valence-electron chi connectivity index (χ2n) is 8.13. The van der Waals surface area contributed by atoms with E-state index < -0.39 is 38.8 Å². The second-order valence-corrected chi connectivity index (χ2v) is 10.6. The maximum atomic E-state index is 13.1. The van der Waals surface area contributed by atoms with Gasteiger partial charge in [-0.15, -0.1) is 0 Å². The Kier molecular flexibility index (Phi) is 7.51. The number of esters is 1. The van der Waals surface area contributed by atoms with Crippen molar-refractivity contribution in [2.75, 3.05) is 11.3 Å². The molecule has 3 rings (SSSR count). The molecule has 3 aromatic rings. The molecular weight excluding hydrogens is 501 g/mol. The minimum Gasteiger partial charge on any atom is -0.505 e. The van der Waals surface area contributed by atoms with Gasteiger partial charge in [-0.3, -0.25) is 4.72 Å². The number of phenols is 1. The van der Waals surface area contributed by atoms with Crippen LogP contribution in [-0.2, 0) is 19.6 Å². The summed E-state index contributed by atoms with van der Waals surface area (Å²) >= 11 is 11.8. The Hall–Kier alpha value is -3.12. The normalized spacial score (nSPS) is 11.4. The number of hydrogen-bond acceptors (Lipinski definition) is 6. The van der Waals surface area contributed by atoms with Crippen LogP contribution >= 0.6 is 23.2 Å². The molecule has 0 saturated carbocycles. The summed E-state index contributed by atoms with van der Waals surface area (Å²) in [5, 5.41) is 9.99. The van der Waals surface area contributed by atoms with Crippen molar-refractivity contribution in [1.82, 2.24) is 0 Å². The predicted molar refractivity (Wildman–Crippen MR) is 130 cm³/mol. The van der Waals surface area contributed by atoms with Gasteiger partial charge in [0.1, 0.15) is 16.2 Å². The summed E-state index contributed by atoms with van der Waals surface area (Å²) in [6.07, 6.45) is 0. The summed E-state index contributed by atoms with van der Waals surface area (Å²) < 4.78 is 39.2. The average molecular weight is 522 g/mol. The summed E-state index contributed by atoms with van der Waals surface area (Å²) in [5.41, 5.74) is 0.487. The molecule has 0 unspecified atom stereocenters. The smallest absolute Gasteiger partial charge is 0.344 e. The van der Waals surface area contributed by atoms with Gasteiger partial charge < -0.3 is 14.6 Å². The second kappa shape index (κ2) is 10.0. The van der Waals surface area contributed by atoms with Gasteiger partial charge in [0.2, 0.25) is 0 Å². The number of phenolic OH excluding ortho intramolecular Hbond substituents is 1. The summed E-state index contributed by atoms with van der Waals surface area (Å²) in [6.45, 7) is 4.64. The van der Waals surface area contributed by atoms with Crippen LogP contribution in [0.4, 0.5) is 5.69 Å². The summed E-state index contributed by atoms with van der Waals surface area (Å²) in [4.78, 5) is 11.6. The van der Waals surface area contributed by atoms with E-state index in [0.717, 1.165) is 11.6 Å². The van der Waals surface area contributed by atoms with Crippen molar-refractivity contribution < 1.29 is 27.8 Å². The van der Waals surface area contributed by atoms with Gasteiger partial charge in [0, 0.05) is 10.6 Å². The van der Waals surface area contributed by atoms with Gasteiger partial charge in [-0.05, 0) is 50.6 Å². The molecule has 2 N–H and O–H groups in total. The highest BCUT2D eigenvalue weighted by molar-refractivity contribution is 7.92. The number of nitrogens with one attached hydrogen (secondary N) is 1. The quantitative estimate of drug-likeness (QED) is 0.398. The van der Waals surface area contributed by atoms with Crippen molar-refractivity contribution in [3.05, 3.63) is 70.7 Å². The van der Waals surface area contributed by atoms with Gasteiger partial charge in [0.25, 0.3) is 10.0 Å². The van der Waals surface area contributed by atoms with E-state index in [1.165, 1.54) is 12.1 Å². The lowest BCUT2D eigenvalue weighted by molar-refractivity contribution is -0.157. The fraction of sp³-hybridized carbons (Fsp3) is 0.208. The Morgan fingerprint density at radius 1 is 1.09 bits per heavy atom. The first-order valence-electron chi connectivity index (χ1n) is 9.94. The molecule has 0 bridgehead atoms. The van der Waals surface area contributed by atoms with Gasteiger partial charge in [-0.1, -0.05) is 59.6 Å². The number of halogens is 2. The fourth-order valence-corrected chi connectivity index (χ4v) is 4.66. The molecule has 0 saturated heterocycles. The highest BCUT2D eigenvalue weighted by atomic mass is 35.5. The van der Waals surface area contributed by atoms with E-state index >= 15 is 0 Å². The highest BCUT2D eigenvalue weighted by Crippen LogP contribution is 2.36. The van der Waals surface area contributed by atoms with Crippen molar-refractivity contribution in [3.8, 4) is 22.6 Å². The molecule has 0 fully saturated rings. The van der Waals surface area contributed by atoms with Crippen LogP contribution in [0.3, 0.4) is 0 Å². The number of hydrogen-bond donors (Lipinski definition) is 2. The average Bonchev–Trinajstić information content (AvgIpc) is 2.74. The van der Waals surface area contributed by atoms with Crippen molar-refractivity contribution >= 4 is 44.9 Å². The van der Waals surface area contributed by atoms with Crippen molar-refractivity contribution in [2.45, 2.75) is 31.3 Å². The topological polar surface area (TPSA) is 102 Å². The molecule has 0 aliphatic rings. The molecule has 3 aromatic carbocycles. The molecule has 0 aliphatic heterocycles. The molecule has 34 heavy (non-hydrogen) atoms. The molecule has 0 heterocycles. The zero-order chi connectivity index (χ0) is 25.1. The summed E-state index contributed by atoms with van der Waals surface area (Å²) in [6, 6.07) is 18.4. The van der Waals surface area contributed by atoms with Crippen LogP contribution in [0, 0.1) is 12.1 Å². The molecule has 7 nitrogen and oxygen atoms in total. The largest absolute Gasteiger partial charge is 0.505 e. The molecule has 178 valence electrons. The van der Waals surface area contributed by atoms with Gasteiger partial charge in [-0.2, -0.15) is 0 Å². The van der Waals surface area contributed by atoms with Gasteiger partial charge >= 0.3 is 5.97 Å². The summed E-state index contributed by atoms with van der Waals surface area (Å²) in [7, 11) is -4.38. The van der Waals surface area contributed by atoms with E-state index in [0.29, 0.717) is 5.56 Å². The lowest BCUT2D eigenvalue weighted by Crippen LogP contribution is -2.27. The summed E-state index contributed by atoms with van der Waals surface area (Å²) in [5.74, 6) is -1.41. The van der Waals surface area contributed by atoms with Crippen LogP contribution in [0.25, 0.3) is 11.1 Å². The van der Waals surface area contributed by atoms with E-state index in [9.17, 15) is 18.3 Å². The number of carbonyl (C=O) groups excluding carboxylic acids is 1. The lowest BCUT2D eigenvalue weighted by atomic mass is 10.1. The van der Waals surface area contributed by atoms with E-state index in [2.05, 4.69) is 16.9 Å². The first-order chi connectivity index (χ1) is 15.9.